The van der Waals surface area contributed by atoms with Gasteiger partial charge in [-0.15, -0.1) is 0 Å². The second-order valence-corrected chi connectivity index (χ2v) is 6.33. The standard InChI is InChI=1S/C18H19F3N2.C2H2O4/c19-18(20,21)16-8-6-15(7-9-16)17(14-4-2-1-3-5-14)23-12-10-22-11-13-23;3-1(4)2(5)6/h1-9,17,22H,10-13H2;(H,3,4)(H,5,6). The number of carbonyl (C=O) groups is 2. The molecule has 3 rings (SSSR count). The SMILES string of the molecule is FC(F)(F)c1ccc(C(c2ccccc2)N2CCNCC2)cc1.O=C(O)C(=O)O. The van der Waals surface area contributed by atoms with Crippen LogP contribution in [0.3, 0.4) is 0 Å². The van der Waals surface area contributed by atoms with Crippen LogP contribution in [-0.2, 0) is 15.8 Å². The predicted octanol–water partition coefficient (Wildman–Crippen LogP) is 2.86. The van der Waals surface area contributed by atoms with Gasteiger partial charge < -0.3 is 15.5 Å². The van der Waals surface area contributed by atoms with E-state index in [9.17, 15) is 13.2 Å². The van der Waals surface area contributed by atoms with Gasteiger partial charge in [0.2, 0.25) is 0 Å². The summed E-state index contributed by atoms with van der Waals surface area (Å²) in [5, 5.41) is 18.1. The Morgan fingerprint density at radius 1 is 0.862 bits per heavy atom. The average molecular weight is 410 g/mol. The van der Waals surface area contributed by atoms with E-state index in [1.807, 2.05) is 30.3 Å². The number of carboxylic acids is 2. The minimum atomic E-state index is -4.30. The van der Waals surface area contributed by atoms with E-state index in [4.69, 9.17) is 19.8 Å². The zero-order valence-corrected chi connectivity index (χ0v) is 15.4. The summed E-state index contributed by atoms with van der Waals surface area (Å²) in [5.41, 5.74) is 1.40. The van der Waals surface area contributed by atoms with Crippen molar-refractivity contribution >= 4 is 11.9 Å². The van der Waals surface area contributed by atoms with Crippen molar-refractivity contribution in [3.8, 4) is 0 Å². The first-order valence-corrected chi connectivity index (χ1v) is 8.83. The Hall–Kier alpha value is -2.91. The summed E-state index contributed by atoms with van der Waals surface area (Å²) in [6, 6.07) is 15.5. The van der Waals surface area contributed by atoms with Crippen molar-refractivity contribution in [3.63, 3.8) is 0 Å². The number of benzene rings is 2. The molecule has 29 heavy (non-hydrogen) atoms. The van der Waals surface area contributed by atoms with E-state index in [-0.39, 0.29) is 6.04 Å². The number of hydrogen-bond donors (Lipinski definition) is 3. The number of rotatable bonds is 3. The number of halogens is 3. The van der Waals surface area contributed by atoms with Crippen molar-refractivity contribution in [3.05, 3.63) is 71.3 Å². The molecule has 0 spiro atoms. The Morgan fingerprint density at radius 2 is 1.34 bits per heavy atom. The molecule has 0 saturated carbocycles. The summed E-state index contributed by atoms with van der Waals surface area (Å²) in [6.45, 7) is 3.54. The molecule has 2 aromatic carbocycles. The third kappa shape index (κ3) is 6.58. The number of hydrogen-bond acceptors (Lipinski definition) is 4. The maximum absolute atomic E-state index is 12.8. The van der Waals surface area contributed by atoms with Crippen molar-refractivity contribution in [2.45, 2.75) is 12.2 Å². The highest BCUT2D eigenvalue weighted by Crippen LogP contribution is 2.33. The zero-order chi connectivity index (χ0) is 21.4. The fourth-order valence-corrected chi connectivity index (χ4v) is 3.04. The van der Waals surface area contributed by atoms with E-state index >= 15 is 0 Å². The normalized spacial score (nSPS) is 15.7. The van der Waals surface area contributed by atoms with Crippen LogP contribution in [0.4, 0.5) is 13.2 Å². The van der Waals surface area contributed by atoms with Gasteiger partial charge in [0, 0.05) is 26.2 Å². The van der Waals surface area contributed by atoms with Crippen molar-refractivity contribution < 1.29 is 33.0 Å². The van der Waals surface area contributed by atoms with E-state index < -0.39 is 23.7 Å². The second kappa shape index (κ2) is 10.0. The molecular formula is C20H21F3N2O4. The van der Waals surface area contributed by atoms with Gasteiger partial charge in [-0.3, -0.25) is 4.90 Å². The highest BCUT2D eigenvalue weighted by atomic mass is 19.4. The third-order valence-electron chi connectivity index (χ3n) is 4.37. The molecular weight excluding hydrogens is 389 g/mol. The van der Waals surface area contributed by atoms with Crippen molar-refractivity contribution in [2.24, 2.45) is 0 Å². The van der Waals surface area contributed by atoms with Crippen LogP contribution in [0, 0.1) is 0 Å². The fraction of sp³-hybridized carbons (Fsp3) is 0.300. The topological polar surface area (TPSA) is 89.9 Å². The van der Waals surface area contributed by atoms with Crippen LogP contribution >= 0.6 is 0 Å². The molecule has 1 heterocycles. The highest BCUT2D eigenvalue weighted by Gasteiger charge is 2.31. The second-order valence-electron chi connectivity index (χ2n) is 6.33. The molecule has 0 aromatic heterocycles. The lowest BCUT2D eigenvalue weighted by Gasteiger charge is -2.35. The Morgan fingerprint density at radius 3 is 1.79 bits per heavy atom. The van der Waals surface area contributed by atoms with Crippen LogP contribution < -0.4 is 5.32 Å². The van der Waals surface area contributed by atoms with Gasteiger partial charge in [-0.25, -0.2) is 9.59 Å². The van der Waals surface area contributed by atoms with Crippen LogP contribution in [0.25, 0.3) is 0 Å². The Balaban J connectivity index is 0.000000438. The van der Waals surface area contributed by atoms with Gasteiger partial charge in [0.15, 0.2) is 0 Å². The lowest BCUT2D eigenvalue weighted by Crippen LogP contribution is -2.45. The molecule has 2 aromatic rings. The summed E-state index contributed by atoms with van der Waals surface area (Å²) < 4.78 is 38.3. The van der Waals surface area contributed by atoms with E-state index in [0.717, 1.165) is 37.3 Å². The number of carboxylic acid groups (broad SMARTS) is 2. The number of alkyl halides is 3. The first kappa shape index (κ1) is 22.4. The van der Waals surface area contributed by atoms with Gasteiger partial charge in [-0.05, 0) is 23.3 Å². The average Bonchev–Trinajstić information content (AvgIpc) is 2.70. The molecule has 1 atom stereocenters. The molecule has 1 fully saturated rings. The lowest BCUT2D eigenvalue weighted by atomic mass is 9.95. The van der Waals surface area contributed by atoms with Gasteiger partial charge in [-0.1, -0.05) is 42.5 Å². The minimum absolute atomic E-state index is 0.0133. The van der Waals surface area contributed by atoms with Crippen LogP contribution in [0.15, 0.2) is 54.6 Å². The maximum Gasteiger partial charge on any atom is 0.416 e. The smallest absolute Gasteiger partial charge is 0.416 e. The molecule has 1 aliphatic heterocycles. The van der Waals surface area contributed by atoms with E-state index in [1.165, 1.54) is 12.1 Å². The summed E-state index contributed by atoms with van der Waals surface area (Å²) in [4.78, 5) is 20.5. The molecule has 3 N–H and O–H groups in total. The van der Waals surface area contributed by atoms with E-state index in [2.05, 4.69) is 10.2 Å². The van der Waals surface area contributed by atoms with E-state index in [0.29, 0.717) is 0 Å². The molecule has 1 aliphatic rings. The van der Waals surface area contributed by atoms with Crippen LogP contribution in [0.5, 0.6) is 0 Å². The first-order chi connectivity index (χ1) is 13.7. The molecule has 9 heteroatoms. The summed E-state index contributed by atoms with van der Waals surface area (Å²) >= 11 is 0. The van der Waals surface area contributed by atoms with Crippen molar-refractivity contribution in [1.29, 1.82) is 0 Å². The number of nitrogens with one attached hydrogen (secondary N) is 1. The molecule has 0 aliphatic carbocycles. The molecule has 0 radical (unpaired) electrons. The molecule has 1 unspecified atom stereocenters. The molecule has 1 saturated heterocycles. The Bertz CT molecular complexity index is 793. The minimum Gasteiger partial charge on any atom is -0.473 e. The van der Waals surface area contributed by atoms with Gasteiger partial charge >= 0.3 is 18.1 Å². The fourth-order valence-electron chi connectivity index (χ4n) is 3.04. The Labute approximate surface area is 165 Å². The van der Waals surface area contributed by atoms with Gasteiger partial charge in [-0.2, -0.15) is 13.2 Å². The Kier molecular flexibility index (Phi) is 7.74. The lowest BCUT2D eigenvalue weighted by molar-refractivity contribution is -0.159. The number of nitrogens with zero attached hydrogens (tertiary/aromatic N) is 1. The summed E-state index contributed by atoms with van der Waals surface area (Å²) in [6.07, 6.45) is -4.30. The molecule has 0 bridgehead atoms. The largest absolute Gasteiger partial charge is 0.473 e. The predicted molar refractivity (Wildman–Crippen MR) is 99.4 cm³/mol. The van der Waals surface area contributed by atoms with Crippen LogP contribution in [-0.4, -0.2) is 53.2 Å². The highest BCUT2D eigenvalue weighted by molar-refractivity contribution is 6.27. The van der Waals surface area contributed by atoms with Crippen LogP contribution in [0.2, 0.25) is 0 Å². The third-order valence-corrected chi connectivity index (χ3v) is 4.37. The van der Waals surface area contributed by atoms with Gasteiger partial charge in [0.1, 0.15) is 0 Å². The van der Waals surface area contributed by atoms with Gasteiger partial charge in [0.25, 0.3) is 0 Å². The van der Waals surface area contributed by atoms with Crippen molar-refractivity contribution in [1.82, 2.24) is 10.2 Å². The summed E-state index contributed by atoms with van der Waals surface area (Å²) in [7, 11) is 0. The van der Waals surface area contributed by atoms with Gasteiger partial charge in [0.05, 0.1) is 11.6 Å². The first-order valence-electron chi connectivity index (χ1n) is 8.83. The summed E-state index contributed by atoms with van der Waals surface area (Å²) in [5.74, 6) is -3.65. The number of aliphatic carboxylic acids is 2. The maximum atomic E-state index is 12.8. The van der Waals surface area contributed by atoms with Crippen LogP contribution in [0.1, 0.15) is 22.7 Å². The zero-order valence-electron chi connectivity index (χ0n) is 15.4. The van der Waals surface area contributed by atoms with Crippen molar-refractivity contribution in [2.75, 3.05) is 26.2 Å². The molecule has 156 valence electrons. The molecule has 0 amide bonds. The monoisotopic (exact) mass is 410 g/mol. The molecule has 6 nitrogen and oxygen atoms in total. The quantitative estimate of drug-likeness (QED) is 0.675. The number of piperazine rings is 1. The van der Waals surface area contributed by atoms with E-state index in [1.54, 1.807) is 12.1 Å².